The molecule has 2 aromatic rings. The second-order valence-electron chi connectivity index (χ2n) is 8.57. The molecule has 0 bridgehead atoms. The standard InChI is InChI=1S/C22H30N4O2/c1-16(2)20-23-24-21(28-20)22-12-9-18(22)11-14-26(22)19(27)15-25(3)13-10-17-7-5-4-6-8-17/h4-8,16,18H,9-15H2,1-3H3/t18-,22-/m0/s1. The maximum atomic E-state index is 13.2. The molecule has 2 atom stereocenters. The first kappa shape index (κ1) is 19.1. The summed E-state index contributed by atoms with van der Waals surface area (Å²) in [6.45, 7) is 6.17. The van der Waals surface area contributed by atoms with Crippen molar-refractivity contribution >= 4 is 5.91 Å². The molecule has 1 aromatic heterocycles. The number of fused-ring (bicyclic) bond motifs is 1. The Labute approximate surface area is 166 Å². The van der Waals surface area contributed by atoms with Gasteiger partial charge in [0.2, 0.25) is 17.7 Å². The van der Waals surface area contributed by atoms with Gasteiger partial charge >= 0.3 is 0 Å². The summed E-state index contributed by atoms with van der Waals surface area (Å²) in [4.78, 5) is 17.3. The predicted molar refractivity (Wildman–Crippen MR) is 107 cm³/mol. The number of benzene rings is 1. The van der Waals surface area contributed by atoms with Crippen LogP contribution in [0.25, 0.3) is 0 Å². The van der Waals surface area contributed by atoms with Gasteiger partial charge in [0, 0.05) is 19.0 Å². The molecular weight excluding hydrogens is 352 g/mol. The van der Waals surface area contributed by atoms with E-state index in [1.54, 1.807) is 0 Å². The van der Waals surface area contributed by atoms with E-state index in [9.17, 15) is 4.79 Å². The van der Waals surface area contributed by atoms with E-state index >= 15 is 0 Å². The Morgan fingerprint density at radius 1 is 1.29 bits per heavy atom. The maximum Gasteiger partial charge on any atom is 0.242 e. The molecule has 6 heteroatoms. The van der Waals surface area contributed by atoms with Crippen molar-refractivity contribution in [3.63, 3.8) is 0 Å². The Balaban J connectivity index is 1.42. The summed E-state index contributed by atoms with van der Waals surface area (Å²) < 4.78 is 6.01. The van der Waals surface area contributed by atoms with Crippen LogP contribution in [-0.2, 0) is 16.8 Å². The minimum absolute atomic E-state index is 0.169. The molecule has 2 heterocycles. The highest BCUT2D eigenvalue weighted by Gasteiger charge is 2.61. The first-order valence-corrected chi connectivity index (χ1v) is 10.4. The highest BCUT2D eigenvalue weighted by Crippen LogP contribution is 2.56. The van der Waals surface area contributed by atoms with Gasteiger partial charge < -0.3 is 9.32 Å². The second kappa shape index (κ2) is 7.66. The molecule has 0 radical (unpaired) electrons. The summed E-state index contributed by atoms with van der Waals surface area (Å²) in [5.74, 6) is 2.12. The van der Waals surface area contributed by atoms with Crippen LogP contribution in [0.2, 0.25) is 0 Å². The van der Waals surface area contributed by atoms with Crippen LogP contribution in [0, 0.1) is 5.92 Å². The van der Waals surface area contributed by atoms with Gasteiger partial charge in [0.25, 0.3) is 0 Å². The van der Waals surface area contributed by atoms with Crippen molar-refractivity contribution in [2.75, 3.05) is 26.7 Å². The van der Waals surface area contributed by atoms with Gasteiger partial charge in [-0.05, 0) is 44.2 Å². The number of hydrogen-bond acceptors (Lipinski definition) is 5. The lowest BCUT2D eigenvalue weighted by Crippen LogP contribution is -2.55. The molecular formula is C22H30N4O2. The van der Waals surface area contributed by atoms with Crippen molar-refractivity contribution in [1.82, 2.24) is 20.0 Å². The minimum atomic E-state index is -0.364. The summed E-state index contributed by atoms with van der Waals surface area (Å²) in [6.07, 6.45) is 4.03. The van der Waals surface area contributed by atoms with E-state index in [0.29, 0.717) is 24.2 Å². The van der Waals surface area contributed by atoms with Crippen LogP contribution in [0.3, 0.4) is 0 Å². The zero-order valence-electron chi connectivity index (χ0n) is 17.1. The summed E-state index contributed by atoms with van der Waals surface area (Å²) in [7, 11) is 2.02. The zero-order chi connectivity index (χ0) is 19.7. The molecule has 0 N–H and O–H groups in total. The molecule has 0 unspecified atom stereocenters. The Hall–Kier alpha value is -2.21. The molecule has 2 fully saturated rings. The molecule has 6 nitrogen and oxygen atoms in total. The van der Waals surface area contributed by atoms with Gasteiger partial charge in [-0.2, -0.15) is 0 Å². The largest absolute Gasteiger partial charge is 0.422 e. The third-order valence-corrected chi connectivity index (χ3v) is 6.37. The lowest BCUT2D eigenvalue weighted by atomic mass is 9.67. The number of likely N-dealkylation sites (N-methyl/N-ethyl adjacent to an activating group) is 1. The van der Waals surface area contributed by atoms with Crippen molar-refractivity contribution in [3.05, 3.63) is 47.7 Å². The fraction of sp³-hybridized carbons (Fsp3) is 0.591. The van der Waals surface area contributed by atoms with E-state index in [1.165, 1.54) is 5.56 Å². The van der Waals surface area contributed by atoms with Crippen LogP contribution in [-0.4, -0.2) is 52.6 Å². The minimum Gasteiger partial charge on any atom is -0.422 e. The zero-order valence-corrected chi connectivity index (χ0v) is 17.1. The van der Waals surface area contributed by atoms with Crippen LogP contribution in [0.15, 0.2) is 34.7 Å². The quantitative estimate of drug-likeness (QED) is 0.736. The monoisotopic (exact) mass is 382 g/mol. The molecule has 4 rings (SSSR count). The molecule has 1 amide bonds. The number of carbonyl (C=O) groups excluding carboxylic acids is 1. The number of likely N-dealkylation sites (tertiary alicyclic amines) is 1. The topological polar surface area (TPSA) is 62.5 Å². The SMILES string of the molecule is CC(C)c1nnc([C@]23CC[C@H]2CCN3C(=O)CN(C)CCc2ccccc2)o1. The van der Waals surface area contributed by atoms with Gasteiger partial charge in [0.1, 0.15) is 5.54 Å². The average Bonchev–Trinajstić information content (AvgIpc) is 3.24. The van der Waals surface area contributed by atoms with Gasteiger partial charge in [0.15, 0.2) is 0 Å². The number of hydrogen-bond donors (Lipinski definition) is 0. The van der Waals surface area contributed by atoms with Crippen LogP contribution < -0.4 is 0 Å². The summed E-state index contributed by atoms with van der Waals surface area (Å²) in [5, 5.41) is 8.58. The highest BCUT2D eigenvalue weighted by molar-refractivity contribution is 5.80. The molecule has 1 aliphatic carbocycles. The van der Waals surface area contributed by atoms with Crippen molar-refractivity contribution in [2.45, 2.75) is 51.0 Å². The third-order valence-electron chi connectivity index (χ3n) is 6.37. The smallest absolute Gasteiger partial charge is 0.242 e. The van der Waals surface area contributed by atoms with Crippen LogP contribution in [0.1, 0.15) is 56.4 Å². The van der Waals surface area contributed by atoms with E-state index in [1.807, 2.05) is 31.9 Å². The Morgan fingerprint density at radius 3 is 2.71 bits per heavy atom. The normalized spacial score (nSPS) is 23.9. The highest BCUT2D eigenvalue weighted by atomic mass is 16.4. The van der Waals surface area contributed by atoms with Crippen molar-refractivity contribution in [2.24, 2.45) is 5.92 Å². The van der Waals surface area contributed by atoms with Gasteiger partial charge in [-0.25, -0.2) is 0 Å². The van der Waals surface area contributed by atoms with E-state index in [4.69, 9.17) is 4.42 Å². The fourth-order valence-corrected chi connectivity index (χ4v) is 4.59. The molecule has 1 aliphatic heterocycles. The maximum absolute atomic E-state index is 13.2. The summed E-state index contributed by atoms with van der Waals surface area (Å²) in [6, 6.07) is 10.4. The molecule has 1 saturated carbocycles. The van der Waals surface area contributed by atoms with E-state index < -0.39 is 0 Å². The van der Waals surface area contributed by atoms with Crippen LogP contribution in [0.4, 0.5) is 0 Å². The first-order valence-electron chi connectivity index (χ1n) is 10.4. The fourth-order valence-electron chi connectivity index (χ4n) is 4.59. The Morgan fingerprint density at radius 2 is 2.07 bits per heavy atom. The van der Waals surface area contributed by atoms with Crippen molar-refractivity contribution in [3.8, 4) is 0 Å². The average molecular weight is 383 g/mol. The number of carbonyl (C=O) groups is 1. The Bertz CT molecular complexity index is 819. The second-order valence-corrected chi connectivity index (χ2v) is 8.57. The molecule has 0 spiro atoms. The van der Waals surface area contributed by atoms with E-state index in [2.05, 4.69) is 39.4 Å². The molecule has 1 aromatic carbocycles. The number of aromatic nitrogens is 2. The van der Waals surface area contributed by atoms with Gasteiger partial charge in [-0.15, -0.1) is 10.2 Å². The lowest BCUT2D eigenvalue weighted by Gasteiger charge is -2.47. The van der Waals surface area contributed by atoms with Crippen molar-refractivity contribution in [1.29, 1.82) is 0 Å². The molecule has 1 saturated heterocycles. The van der Waals surface area contributed by atoms with Gasteiger partial charge in [-0.1, -0.05) is 44.2 Å². The molecule has 2 aliphatic rings. The first-order chi connectivity index (χ1) is 13.5. The van der Waals surface area contributed by atoms with Gasteiger partial charge in [0.05, 0.1) is 6.54 Å². The predicted octanol–water partition coefficient (Wildman–Crippen LogP) is 3.21. The Kier molecular flexibility index (Phi) is 5.23. The summed E-state index contributed by atoms with van der Waals surface area (Å²) in [5.41, 5.74) is 0.933. The number of nitrogens with zero attached hydrogens (tertiary/aromatic N) is 4. The van der Waals surface area contributed by atoms with Crippen molar-refractivity contribution < 1.29 is 9.21 Å². The molecule has 150 valence electrons. The number of amides is 1. The van der Waals surface area contributed by atoms with Gasteiger partial charge in [-0.3, -0.25) is 9.69 Å². The van der Waals surface area contributed by atoms with E-state index in [0.717, 1.165) is 38.8 Å². The lowest BCUT2D eigenvalue weighted by molar-refractivity contribution is -0.143. The van der Waals surface area contributed by atoms with Crippen LogP contribution in [0.5, 0.6) is 0 Å². The van der Waals surface area contributed by atoms with E-state index in [-0.39, 0.29) is 17.4 Å². The third kappa shape index (κ3) is 3.34. The molecule has 28 heavy (non-hydrogen) atoms. The summed E-state index contributed by atoms with van der Waals surface area (Å²) >= 11 is 0. The van der Waals surface area contributed by atoms with Crippen LogP contribution >= 0.6 is 0 Å². The number of rotatable bonds is 7.